The Labute approximate surface area is 140 Å². The standard InChI is InChI=1S/C18H20N4O2/c1-12-4-9-15-16(10-12)22(24)18(20-15)13-5-7-14(8-6-13)19-17(23)11-21(2)3/h4-10,24H,11H2,1-3H3,(H,19,23). The van der Waals surface area contributed by atoms with Crippen molar-refractivity contribution in [2.45, 2.75) is 6.92 Å². The highest BCUT2D eigenvalue weighted by molar-refractivity contribution is 5.92. The van der Waals surface area contributed by atoms with Crippen LogP contribution in [0.3, 0.4) is 0 Å². The van der Waals surface area contributed by atoms with E-state index in [0.29, 0.717) is 23.6 Å². The first-order valence-electron chi connectivity index (χ1n) is 7.67. The van der Waals surface area contributed by atoms with Gasteiger partial charge in [0, 0.05) is 11.3 Å². The molecule has 0 unspecified atom stereocenters. The largest absolute Gasteiger partial charge is 0.426 e. The highest BCUT2D eigenvalue weighted by atomic mass is 16.5. The summed E-state index contributed by atoms with van der Waals surface area (Å²) in [5, 5.41) is 13.2. The fourth-order valence-electron chi connectivity index (χ4n) is 2.55. The molecule has 2 aromatic carbocycles. The number of hydrogen-bond acceptors (Lipinski definition) is 4. The second kappa shape index (κ2) is 6.33. The van der Waals surface area contributed by atoms with Crippen LogP contribution in [0.2, 0.25) is 0 Å². The van der Waals surface area contributed by atoms with Crippen LogP contribution in [0.25, 0.3) is 22.4 Å². The molecule has 3 aromatic rings. The van der Waals surface area contributed by atoms with Crippen molar-refractivity contribution in [1.82, 2.24) is 14.6 Å². The van der Waals surface area contributed by atoms with Crippen LogP contribution < -0.4 is 5.32 Å². The summed E-state index contributed by atoms with van der Waals surface area (Å²) >= 11 is 0. The van der Waals surface area contributed by atoms with Gasteiger partial charge in [-0.1, -0.05) is 6.07 Å². The van der Waals surface area contributed by atoms with Crippen LogP contribution in [-0.4, -0.2) is 46.4 Å². The molecule has 1 amide bonds. The summed E-state index contributed by atoms with van der Waals surface area (Å²) in [6.07, 6.45) is 0. The van der Waals surface area contributed by atoms with Crippen molar-refractivity contribution in [3.8, 4) is 11.4 Å². The SMILES string of the molecule is Cc1ccc2nc(-c3ccc(NC(=O)CN(C)C)cc3)n(O)c2c1. The number of hydrogen-bond donors (Lipinski definition) is 2. The van der Waals surface area contributed by atoms with Crippen LogP contribution in [0.15, 0.2) is 42.5 Å². The third kappa shape index (κ3) is 3.23. The van der Waals surface area contributed by atoms with E-state index in [2.05, 4.69) is 10.3 Å². The summed E-state index contributed by atoms with van der Waals surface area (Å²) in [6, 6.07) is 13.0. The lowest BCUT2D eigenvalue weighted by Crippen LogP contribution is -2.27. The molecule has 1 aromatic heterocycles. The first-order chi connectivity index (χ1) is 11.4. The minimum Gasteiger partial charge on any atom is -0.426 e. The second-order valence-corrected chi connectivity index (χ2v) is 6.10. The van der Waals surface area contributed by atoms with E-state index in [1.165, 1.54) is 0 Å². The molecule has 0 aliphatic heterocycles. The normalized spacial score (nSPS) is 11.2. The average molecular weight is 324 g/mol. The fourth-order valence-corrected chi connectivity index (χ4v) is 2.55. The Balaban J connectivity index is 1.86. The summed E-state index contributed by atoms with van der Waals surface area (Å²) in [7, 11) is 3.69. The molecule has 0 radical (unpaired) electrons. The lowest BCUT2D eigenvalue weighted by Gasteiger charge is -2.10. The maximum Gasteiger partial charge on any atom is 0.238 e. The Hall–Kier alpha value is -2.86. The van der Waals surface area contributed by atoms with Gasteiger partial charge < -0.3 is 15.4 Å². The topological polar surface area (TPSA) is 70.4 Å². The molecule has 0 saturated heterocycles. The van der Waals surface area contributed by atoms with E-state index >= 15 is 0 Å². The number of anilines is 1. The highest BCUT2D eigenvalue weighted by Gasteiger charge is 2.12. The number of carbonyl (C=O) groups excluding carboxylic acids is 1. The second-order valence-electron chi connectivity index (χ2n) is 6.10. The molecule has 0 aliphatic rings. The molecular weight excluding hydrogens is 304 g/mol. The van der Waals surface area contributed by atoms with E-state index in [1.54, 1.807) is 17.0 Å². The third-order valence-corrected chi connectivity index (χ3v) is 3.67. The minimum absolute atomic E-state index is 0.0716. The predicted molar refractivity (Wildman–Crippen MR) is 94.3 cm³/mol. The van der Waals surface area contributed by atoms with Gasteiger partial charge in [0.1, 0.15) is 5.52 Å². The molecule has 124 valence electrons. The molecule has 6 nitrogen and oxygen atoms in total. The smallest absolute Gasteiger partial charge is 0.238 e. The zero-order valence-corrected chi connectivity index (χ0v) is 13.9. The van der Waals surface area contributed by atoms with Crippen LogP contribution in [0, 0.1) is 6.92 Å². The van der Waals surface area contributed by atoms with Crippen LogP contribution in [0.5, 0.6) is 0 Å². The molecule has 0 fully saturated rings. The number of carbonyl (C=O) groups is 1. The number of benzene rings is 2. The van der Waals surface area contributed by atoms with Gasteiger partial charge >= 0.3 is 0 Å². The van der Waals surface area contributed by atoms with Crippen molar-refractivity contribution in [3.63, 3.8) is 0 Å². The van der Waals surface area contributed by atoms with E-state index in [-0.39, 0.29) is 5.91 Å². The number of amides is 1. The average Bonchev–Trinajstić information content (AvgIpc) is 2.84. The van der Waals surface area contributed by atoms with Crippen LogP contribution in [0.1, 0.15) is 5.56 Å². The van der Waals surface area contributed by atoms with E-state index in [1.807, 2.05) is 51.4 Å². The summed E-state index contributed by atoms with van der Waals surface area (Å²) in [5.41, 5.74) is 3.96. The lowest BCUT2D eigenvalue weighted by atomic mass is 10.2. The molecule has 6 heteroatoms. The number of rotatable bonds is 4. The van der Waals surface area contributed by atoms with Crippen molar-refractivity contribution in [3.05, 3.63) is 48.0 Å². The lowest BCUT2D eigenvalue weighted by molar-refractivity contribution is -0.116. The van der Waals surface area contributed by atoms with Crippen molar-refractivity contribution in [2.24, 2.45) is 0 Å². The Kier molecular flexibility index (Phi) is 4.22. The maximum absolute atomic E-state index is 11.8. The molecule has 1 heterocycles. The Bertz CT molecular complexity index is 882. The van der Waals surface area contributed by atoms with Gasteiger partial charge in [0.05, 0.1) is 12.1 Å². The van der Waals surface area contributed by atoms with Crippen LogP contribution >= 0.6 is 0 Å². The maximum atomic E-state index is 11.8. The highest BCUT2D eigenvalue weighted by Crippen LogP contribution is 2.25. The Morgan fingerprint density at radius 3 is 2.58 bits per heavy atom. The number of aryl methyl sites for hydroxylation is 1. The zero-order chi connectivity index (χ0) is 17.3. The summed E-state index contributed by atoms with van der Waals surface area (Å²) < 4.78 is 1.10. The number of aromatic nitrogens is 2. The molecule has 0 aliphatic carbocycles. The fraction of sp³-hybridized carbons (Fsp3) is 0.222. The Morgan fingerprint density at radius 2 is 1.92 bits per heavy atom. The number of nitrogens with zero attached hydrogens (tertiary/aromatic N) is 3. The minimum atomic E-state index is -0.0716. The molecule has 0 spiro atoms. The van der Waals surface area contributed by atoms with Crippen molar-refractivity contribution in [2.75, 3.05) is 26.0 Å². The van der Waals surface area contributed by atoms with Gasteiger partial charge in [0.2, 0.25) is 5.91 Å². The van der Waals surface area contributed by atoms with E-state index in [9.17, 15) is 10.0 Å². The summed E-state index contributed by atoms with van der Waals surface area (Å²) in [5.74, 6) is 0.402. The summed E-state index contributed by atoms with van der Waals surface area (Å²) in [6.45, 7) is 2.30. The van der Waals surface area contributed by atoms with Gasteiger partial charge in [0.25, 0.3) is 0 Å². The van der Waals surface area contributed by atoms with E-state index in [0.717, 1.165) is 21.4 Å². The third-order valence-electron chi connectivity index (χ3n) is 3.67. The van der Waals surface area contributed by atoms with Crippen molar-refractivity contribution >= 4 is 22.6 Å². The number of imidazole rings is 1. The number of fused-ring (bicyclic) bond motifs is 1. The van der Waals surface area contributed by atoms with Crippen LogP contribution in [-0.2, 0) is 4.79 Å². The van der Waals surface area contributed by atoms with Gasteiger partial charge in [0.15, 0.2) is 5.82 Å². The van der Waals surface area contributed by atoms with E-state index in [4.69, 9.17) is 0 Å². The van der Waals surface area contributed by atoms with Crippen LogP contribution in [0.4, 0.5) is 5.69 Å². The molecular formula is C18H20N4O2. The monoisotopic (exact) mass is 324 g/mol. The molecule has 0 saturated carbocycles. The van der Waals surface area contributed by atoms with Gasteiger partial charge in [-0.15, -0.1) is 0 Å². The van der Waals surface area contributed by atoms with Gasteiger partial charge in [-0.05, 0) is 63.0 Å². The number of likely N-dealkylation sites (N-methyl/N-ethyl adjacent to an activating group) is 1. The van der Waals surface area contributed by atoms with Crippen molar-refractivity contribution in [1.29, 1.82) is 0 Å². The zero-order valence-electron chi connectivity index (χ0n) is 13.9. The van der Waals surface area contributed by atoms with Crippen molar-refractivity contribution < 1.29 is 10.0 Å². The Morgan fingerprint density at radius 1 is 1.21 bits per heavy atom. The van der Waals surface area contributed by atoms with Gasteiger partial charge in [-0.25, -0.2) is 4.98 Å². The molecule has 3 rings (SSSR count). The first-order valence-corrected chi connectivity index (χ1v) is 7.67. The molecule has 2 N–H and O–H groups in total. The first kappa shape index (κ1) is 16.0. The van der Waals surface area contributed by atoms with Gasteiger partial charge in [-0.3, -0.25) is 4.79 Å². The van der Waals surface area contributed by atoms with Gasteiger partial charge in [-0.2, -0.15) is 4.73 Å². The van der Waals surface area contributed by atoms with E-state index < -0.39 is 0 Å². The number of nitrogens with one attached hydrogen (secondary N) is 1. The molecule has 24 heavy (non-hydrogen) atoms. The summed E-state index contributed by atoms with van der Waals surface area (Å²) in [4.78, 5) is 18.0. The molecule has 0 atom stereocenters. The molecule has 0 bridgehead atoms. The quantitative estimate of drug-likeness (QED) is 0.724. The predicted octanol–water partition coefficient (Wildman–Crippen LogP) is 2.75.